The molecule has 0 amide bonds. The van der Waals surface area contributed by atoms with Crippen molar-refractivity contribution in [3.63, 3.8) is 0 Å². The second-order valence-corrected chi connectivity index (χ2v) is 7.75. The lowest BCUT2D eigenvalue weighted by atomic mass is 10.1. The lowest BCUT2D eigenvalue weighted by Gasteiger charge is -2.21. The normalized spacial score (nSPS) is 11.7. The summed E-state index contributed by atoms with van der Waals surface area (Å²) in [6, 6.07) is 14.6. The van der Waals surface area contributed by atoms with Crippen molar-refractivity contribution in [2.45, 2.75) is 49.6 Å². The molecule has 0 spiro atoms. The molecule has 0 radical (unpaired) electrons. The van der Waals surface area contributed by atoms with Gasteiger partial charge in [-0.15, -0.1) is 0 Å². The van der Waals surface area contributed by atoms with Gasteiger partial charge in [0.25, 0.3) is 0 Å². The van der Waals surface area contributed by atoms with E-state index in [4.69, 9.17) is 11.6 Å². The Labute approximate surface area is 137 Å². The van der Waals surface area contributed by atoms with Crippen LogP contribution in [-0.2, 0) is 6.54 Å². The first-order valence-corrected chi connectivity index (χ1v) is 8.31. The summed E-state index contributed by atoms with van der Waals surface area (Å²) in [5.74, 6) is 0. The zero-order valence-electron chi connectivity index (χ0n) is 13.0. The molecule has 1 nitrogen and oxygen atoms in total. The van der Waals surface area contributed by atoms with Gasteiger partial charge in [0.2, 0.25) is 0 Å². The molecule has 0 atom stereocenters. The van der Waals surface area contributed by atoms with Crippen molar-refractivity contribution in [1.82, 2.24) is 5.32 Å². The summed E-state index contributed by atoms with van der Waals surface area (Å²) >= 11 is 7.92. The van der Waals surface area contributed by atoms with E-state index in [-0.39, 0.29) is 5.54 Å². The Balaban J connectivity index is 2.10. The lowest BCUT2D eigenvalue weighted by molar-refractivity contribution is 0.424. The monoisotopic (exact) mass is 319 g/mol. The Morgan fingerprint density at radius 1 is 1.10 bits per heavy atom. The molecule has 0 heterocycles. The number of hydrogen-bond donors (Lipinski definition) is 1. The highest BCUT2D eigenvalue weighted by molar-refractivity contribution is 7.99. The zero-order valence-corrected chi connectivity index (χ0v) is 14.6. The van der Waals surface area contributed by atoms with Crippen LogP contribution in [-0.4, -0.2) is 5.54 Å². The Morgan fingerprint density at radius 3 is 2.43 bits per heavy atom. The van der Waals surface area contributed by atoms with Gasteiger partial charge in [0.1, 0.15) is 0 Å². The molecule has 2 aromatic rings. The summed E-state index contributed by atoms with van der Waals surface area (Å²) in [4.78, 5) is 2.32. The van der Waals surface area contributed by atoms with Gasteiger partial charge in [-0.3, -0.25) is 0 Å². The minimum Gasteiger partial charge on any atom is -0.308 e. The van der Waals surface area contributed by atoms with Crippen molar-refractivity contribution in [1.29, 1.82) is 0 Å². The van der Waals surface area contributed by atoms with Gasteiger partial charge in [-0.05, 0) is 63.1 Å². The van der Waals surface area contributed by atoms with Crippen LogP contribution in [0.25, 0.3) is 0 Å². The Hall–Kier alpha value is -0.960. The molecule has 3 heteroatoms. The largest absolute Gasteiger partial charge is 0.308 e. The van der Waals surface area contributed by atoms with Crippen LogP contribution < -0.4 is 5.32 Å². The molecule has 0 aliphatic rings. The summed E-state index contributed by atoms with van der Waals surface area (Å²) in [6.45, 7) is 9.61. The zero-order chi connectivity index (χ0) is 15.5. The van der Waals surface area contributed by atoms with Gasteiger partial charge in [0, 0.05) is 21.9 Å². The van der Waals surface area contributed by atoms with Gasteiger partial charge >= 0.3 is 0 Å². The third kappa shape index (κ3) is 5.06. The molecule has 1 N–H and O–H groups in total. The molecule has 2 rings (SSSR count). The Bertz CT molecular complexity index is 617. The SMILES string of the molecule is Cc1cc(Sc2ccccc2Cl)ccc1CNC(C)(C)C. The van der Waals surface area contributed by atoms with E-state index in [9.17, 15) is 0 Å². The summed E-state index contributed by atoms with van der Waals surface area (Å²) < 4.78 is 0. The molecule has 0 saturated carbocycles. The van der Waals surface area contributed by atoms with Gasteiger partial charge in [-0.2, -0.15) is 0 Å². The highest BCUT2D eigenvalue weighted by atomic mass is 35.5. The van der Waals surface area contributed by atoms with Gasteiger partial charge in [-0.25, -0.2) is 0 Å². The van der Waals surface area contributed by atoms with Crippen LogP contribution in [0.2, 0.25) is 5.02 Å². The molecule has 0 aliphatic heterocycles. The van der Waals surface area contributed by atoms with E-state index in [0.29, 0.717) is 0 Å². The molecule has 0 saturated heterocycles. The average Bonchev–Trinajstić information content (AvgIpc) is 2.39. The molecular formula is C18H22ClNS. The smallest absolute Gasteiger partial charge is 0.0545 e. The summed E-state index contributed by atoms with van der Waals surface area (Å²) in [6.07, 6.45) is 0. The summed E-state index contributed by atoms with van der Waals surface area (Å²) in [5.41, 5.74) is 2.79. The minimum atomic E-state index is 0.136. The predicted octanol–water partition coefficient (Wildman–Crippen LogP) is 5.69. The minimum absolute atomic E-state index is 0.136. The molecule has 0 unspecified atom stereocenters. The molecule has 0 aromatic heterocycles. The van der Waals surface area contributed by atoms with E-state index < -0.39 is 0 Å². The van der Waals surface area contributed by atoms with E-state index in [0.717, 1.165) is 16.5 Å². The van der Waals surface area contributed by atoms with Crippen LogP contribution in [0.15, 0.2) is 52.3 Å². The fraction of sp³-hybridized carbons (Fsp3) is 0.333. The van der Waals surface area contributed by atoms with Crippen molar-refractivity contribution in [2.75, 3.05) is 0 Å². The predicted molar refractivity (Wildman–Crippen MR) is 93.3 cm³/mol. The van der Waals surface area contributed by atoms with Crippen LogP contribution in [0, 0.1) is 6.92 Å². The van der Waals surface area contributed by atoms with E-state index >= 15 is 0 Å². The standard InChI is InChI=1S/C18H22ClNS/c1-13-11-15(21-17-8-6-5-7-16(17)19)10-9-14(13)12-20-18(2,3)4/h5-11,20H,12H2,1-4H3. The van der Waals surface area contributed by atoms with Crippen LogP contribution >= 0.6 is 23.4 Å². The second kappa shape index (κ2) is 6.87. The average molecular weight is 320 g/mol. The topological polar surface area (TPSA) is 12.0 Å². The van der Waals surface area contributed by atoms with Gasteiger partial charge in [0.05, 0.1) is 5.02 Å². The maximum Gasteiger partial charge on any atom is 0.0545 e. The highest BCUT2D eigenvalue weighted by Gasteiger charge is 2.10. The maximum atomic E-state index is 6.21. The Kier molecular flexibility index (Phi) is 5.37. The van der Waals surface area contributed by atoms with E-state index in [1.807, 2.05) is 18.2 Å². The number of rotatable bonds is 4. The molecule has 2 aromatic carbocycles. The number of nitrogens with one attached hydrogen (secondary N) is 1. The fourth-order valence-electron chi connectivity index (χ4n) is 1.95. The number of benzene rings is 2. The van der Waals surface area contributed by atoms with Crippen LogP contribution in [0.1, 0.15) is 31.9 Å². The van der Waals surface area contributed by atoms with Crippen molar-refractivity contribution >= 4 is 23.4 Å². The Morgan fingerprint density at radius 2 is 1.81 bits per heavy atom. The van der Waals surface area contributed by atoms with Crippen molar-refractivity contribution in [2.24, 2.45) is 0 Å². The molecular weight excluding hydrogens is 298 g/mol. The van der Waals surface area contributed by atoms with Crippen molar-refractivity contribution in [3.8, 4) is 0 Å². The van der Waals surface area contributed by atoms with Gasteiger partial charge in [-0.1, -0.05) is 41.6 Å². The lowest BCUT2D eigenvalue weighted by Crippen LogP contribution is -2.35. The maximum absolute atomic E-state index is 6.21. The quantitative estimate of drug-likeness (QED) is 0.777. The summed E-state index contributed by atoms with van der Waals surface area (Å²) in [5, 5.41) is 4.33. The van der Waals surface area contributed by atoms with Crippen molar-refractivity contribution < 1.29 is 0 Å². The first-order valence-electron chi connectivity index (χ1n) is 7.12. The first-order chi connectivity index (χ1) is 9.85. The van der Waals surface area contributed by atoms with Crippen LogP contribution in [0.5, 0.6) is 0 Å². The third-order valence-electron chi connectivity index (χ3n) is 3.19. The van der Waals surface area contributed by atoms with E-state index in [2.05, 4.69) is 57.3 Å². The second-order valence-electron chi connectivity index (χ2n) is 6.22. The van der Waals surface area contributed by atoms with Crippen molar-refractivity contribution in [3.05, 3.63) is 58.6 Å². The van der Waals surface area contributed by atoms with Crippen LogP contribution in [0.3, 0.4) is 0 Å². The molecule has 0 bridgehead atoms. The van der Waals surface area contributed by atoms with Gasteiger partial charge in [0.15, 0.2) is 0 Å². The molecule has 21 heavy (non-hydrogen) atoms. The first kappa shape index (κ1) is 16.4. The van der Waals surface area contributed by atoms with E-state index in [1.54, 1.807) is 11.8 Å². The van der Waals surface area contributed by atoms with Gasteiger partial charge < -0.3 is 5.32 Å². The molecule has 0 fully saturated rings. The van der Waals surface area contributed by atoms with Crippen LogP contribution in [0.4, 0.5) is 0 Å². The fourth-order valence-corrected chi connectivity index (χ4v) is 3.13. The number of aryl methyl sites for hydroxylation is 1. The molecule has 112 valence electrons. The highest BCUT2D eigenvalue weighted by Crippen LogP contribution is 2.33. The third-order valence-corrected chi connectivity index (χ3v) is 4.69. The summed E-state index contributed by atoms with van der Waals surface area (Å²) in [7, 11) is 0. The van der Waals surface area contributed by atoms with E-state index in [1.165, 1.54) is 16.0 Å². The molecule has 0 aliphatic carbocycles. The number of halogens is 1. The number of hydrogen-bond acceptors (Lipinski definition) is 2.